The molecule has 1 unspecified atom stereocenters. The number of aromatic nitrogens is 1. The number of rotatable bonds is 8. The van der Waals surface area contributed by atoms with Crippen LogP contribution in [0.2, 0.25) is 0 Å². The first-order valence-electron chi connectivity index (χ1n) is 10.1. The van der Waals surface area contributed by atoms with Crippen LogP contribution in [0.3, 0.4) is 0 Å². The van der Waals surface area contributed by atoms with Gasteiger partial charge in [-0.25, -0.2) is 9.59 Å². The first kappa shape index (κ1) is 23.3. The van der Waals surface area contributed by atoms with E-state index in [-0.39, 0.29) is 11.9 Å². The van der Waals surface area contributed by atoms with E-state index in [2.05, 4.69) is 15.6 Å². The Kier molecular flexibility index (Phi) is 7.86. The van der Waals surface area contributed by atoms with Crippen molar-refractivity contribution >= 4 is 28.9 Å². The van der Waals surface area contributed by atoms with Crippen molar-refractivity contribution in [3.05, 3.63) is 35.5 Å². The number of hydrogen-bond acceptors (Lipinski definition) is 5. The second kappa shape index (κ2) is 10.1. The lowest BCUT2D eigenvalue weighted by Gasteiger charge is -2.22. The molecule has 0 spiro atoms. The minimum absolute atomic E-state index is 0.234. The number of H-pyrrole nitrogens is 1. The number of amides is 2. The lowest BCUT2D eigenvalue weighted by molar-refractivity contribution is -0.123. The number of aryl methyl sites for hydroxylation is 1. The third-order valence-electron chi connectivity index (χ3n) is 4.44. The first-order valence-corrected chi connectivity index (χ1v) is 10.1. The minimum Gasteiger partial charge on any atom is -0.465 e. The van der Waals surface area contributed by atoms with Crippen LogP contribution in [0.25, 0.3) is 10.9 Å². The molecule has 1 atom stereocenters. The van der Waals surface area contributed by atoms with E-state index in [1.54, 1.807) is 32.9 Å². The summed E-state index contributed by atoms with van der Waals surface area (Å²) in [5, 5.41) is 6.39. The van der Waals surface area contributed by atoms with Gasteiger partial charge in [-0.15, -0.1) is 0 Å². The highest BCUT2D eigenvalue weighted by Gasteiger charge is 2.22. The number of alkyl carbamates (subject to hydrolysis) is 1. The number of aromatic amines is 1. The Morgan fingerprint density at radius 2 is 1.90 bits per heavy atom. The predicted octanol–water partition coefficient (Wildman–Crippen LogP) is 3.31. The summed E-state index contributed by atoms with van der Waals surface area (Å²) in [6.45, 7) is 7.62. The lowest BCUT2D eigenvalue weighted by atomic mass is 10.1. The molecule has 0 radical (unpaired) electrons. The second-order valence-corrected chi connectivity index (χ2v) is 8.09. The average molecular weight is 418 g/mol. The highest BCUT2D eigenvalue weighted by Crippen LogP contribution is 2.18. The molecule has 0 aliphatic carbocycles. The van der Waals surface area contributed by atoms with Crippen LogP contribution in [-0.4, -0.2) is 48.3 Å². The van der Waals surface area contributed by atoms with Crippen molar-refractivity contribution in [2.45, 2.75) is 58.6 Å². The highest BCUT2D eigenvalue weighted by atomic mass is 16.6. The number of carbonyl (C=O) groups excluding carboxylic acids is 3. The van der Waals surface area contributed by atoms with Crippen molar-refractivity contribution in [3.63, 3.8) is 0 Å². The maximum absolute atomic E-state index is 12.3. The lowest BCUT2D eigenvalue weighted by Crippen LogP contribution is -2.48. The van der Waals surface area contributed by atoms with Crippen molar-refractivity contribution in [1.82, 2.24) is 15.6 Å². The zero-order chi connectivity index (χ0) is 22.3. The van der Waals surface area contributed by atoms with E-state index in [4.69, 9.17) is 9.47 Å². The number of fused-ring (bicyclic) bond motifs is 1. The summed E-state index contributed by atoms with van der Waals surface area (Å²) < 4.78 is 9.95. The number of carbonyl (C=O) groups is 3. The van der Waals surface area contributed by atoms with Gasteiger partial charge in [0.25, 0.3) is 0 Å². The quantitative estimate of drug-likeness (QED) is 0.451. The fourth-order valence-electron chi connectivity index (χ4n) is 2.99. The summed E-state index contributed by atoms with van der Waals surface area (Å²) in [6.07, 6.45) is 1.33. The van der Waals surface area contributed by atoms with Gasteiger partial charge >= 0.3 is 12.1 Å². The predicted molar refractivity (Wildman–Crippen MR) is 114 cm³/mol. The van der Waals surface area contributed by atoms with Gasteiger partial charge in [0.05, 0.1) is 12.7 Å². The Morgan fingerprint density at radius 3 is 2.53 bits per heavy atom. The molecule has 8 nitrogen and oxygen atoms in total. The third-order valence-corrected chi connectivity index (χ3v) is 4.44. The second-order valence-electron chi connectivity index (χ2n) is 8.09. The maximum atomic E-state index is 12.3. The fraction of sp³-hybridized carbons (Fsp3) is 0.500. The van der Waals surface area contributed by atoms with Crippen molar-refractivity contribution in [2.24, 2.45) is 0 Å². The minimum atomic E-state index is -0.635. The van der Waals surface area contributed by atoms with Crippen LogP contribution >= 0.6 is 0 Å². The number of hydrogen-bond donors (Lipinski definition) is 3. The Bertz CT molecular complexity index is 898. The molecule has 0 fully saturated rings. The number of nitrogens with one attached hydrogen (secondary N) is 3. The van der Waals surface area contributed by atoms with E-state index in [1.165, 1.54) is 7.11 Å². The molecule has 0 bridgehead atoms. The zero-order valence-corrected chi connectivity index (χ0v) is 18.3. The summed E-state index contributed by atoms with van der Waals surface area (Å²) in [7, 11) is 1.36. The van der Waals surface area contributed by atoms with Crippen LogP contribution in [-0.2, 0) is 20.7 Å². The van der Waals surface area contributed by atoms with Gasteiger partial charge in [-0.2, -0.15) is 0 Å². The van der Waals surface area contributed by atoms with Crippen LogP contribution in [0.1, 0.15) is 56.6 Å². The first-order chi connectivity index (χ1) is 14.1. The Hall–Kier alpha value is -3.03. The molecular formula is C22H31N3O5. The number of esters is 1. The molecule has 0 aliphatic heterocycles. The van der Waals surface area contributed by atoms with Gasteiger partial charge in [0.15, 0.2) is 0 Å². The van der Waals surface area contributed by atoms with Gasteiger partial charge in [0.2, 0.25) is 5.91 Å². The fourth-order valence-corrected chi connectivity index (χ4v) is 2.99. The maximum Gasteiger partial charge on any atom is 0.408 e. The number of ether oxygens (including phenoxy) is 2. The van der Waals surface area contributed by atoms with E-state index < -0.39 is 17.7 Å². The van der Waals surface area contributed by atoms with Crippen molar-refractivity contribution in [3.8, 4) is 0 Å². The van der Waals surface area contributed by atoms with Crippen molar-refractivity contribution in [2.75, 3.05) is 13.7 Å². The Labute approximate surface area is 176 Å². The molecule has 2 rings (SSSR count). The van der Waals surface area contributed by atoms with Gasteiger partial charge < -0.3 is 25.1 Å². The molecule has 0 saturated heterocycles. The van der Waals surface area contributed by atoms with Crippen LogP contribution in [0.5, 0.6) is 0 Å². The van der Waals surface area contributed by atoms with Crippen LogP contribution in [0.15, 0.2) is 24.3 Å². The van der Waals surface area contributed by atoms with Gasteiger partial charge in [0, 0.05) is 23.1 Å². The van der Waals surface area contributed by atoms with Gasteiger partial charge in [-0.3, -0.25) is 4.79 Å². The largest absolute Gasteiger partial charge is 0.465 e. The van der Waals surface area contributed by atoms with E-state index in [9.17, 15) is 14.4 Å². The molecule has 30 heavy (non-hydrogen) atoms. The van der Waals surface area contributed by atoms with Gasteiger partial charge in [0.1, 0.15) is 11.6 Å². The molecule has 0 aliphatic rings. The number of methoxy groups -OCH3 is 1. The summed E-state index contributed by atoms with van der Waals surface area (Å²) in [5.41, 5.74) is 1.84. The van der Waals surface area contributed by atoms with Crippen LogP contribution in [0.4, 0.5) is 4.79 Å². The molecule has 8 heteroatoms. The molecule has 1 heterocycles. The van der Waals surface area contributed by atoms with E-state index in [1.807, 2.05) is 19.1 Å². The van der Waals surface area contributed by atoms with Gasteiger partial charge in [-0.05, 0) is 64.3 Å². The highest BCUT2D eigenvalue weighted by molar-refractivity contribution is 5.94. The molecule has 1 aromatic carbocycles. The van der Waals surface area contributed by atoms with Gasteiger partial charge in [-0.1, -0.05) is 6.92 Å². The summed E-state index contributed by atoms with van der Waals surface area (Å²) >= 11 is 0. The molecule has 1 aromatic heterocycles. The summed E-state index contributed by atoms with van der Waals surface area (Å²) in [5.74, 6) is -0.601. The smallest absolute Gasteiger partial charge is 0.408 e. The van der Waals surface area contributed by atoms with Crippen LogP contribution in [0, 0.1) is 0 Å². The third kappa shape index (κ3) is 6.79. The molecular weight excluding hydrogens is 386 g/mol. The molecule has 2 amide bonds. The van der Waals surface area contributed by atoms with E-state index >= 15 is 0 Å². The van der Waals surface area contributed by atoms with Crippen molar-refractivity contribution < 1.29 is 23.9 Å². The van der Waals surface area contributed by atoms with E-state index in [0.29, 0.717) is 18.5 Å². The standard InChI is InChI=1S/C22H31N3O5/c1-6-17(25-21(28)30-22(2,3)4)19(26)23-11-7-8-16-13-15-12-14(20(27)29-5)9-10-18(15)24-16/h9-10,12-13,17,24H,6-8,11H2,1-5H3,(H,23,26)(H,25,28). The molecule has 2 aromatic rings. The molecule has 164 valence electrons. The SMILES string of the molecule is CCC(NC(=O)OC(C)(C)C)C(=O)NCCCc1cc2cc(C(=O)OC)ccc2[nH]1. The number of benzene rings is 1. The molecule has 0 saturated carbocycles. The molecule has 3 N–H and O–H groups in total. The summed E-state index contributed by atoms with van der Waals surface area (Å²) in [6, 6.07) is 6.71. The normalized spacial score (nSPS) is 12.3. The van der Waals surface area contributed by atoms with Crippen molar-refractivity contribution in [1.29, 1.82) is 0 Å². The monoisotopic (exact) mass is 417 g/mol. The summed E-state index contributed by atoms with van der Waals surface area (Å²) in [4.78, 5) is 39.2. The van der Waals surface area contributed by atoms with E-state index in [0.717, 1.165) is 29.4 Å². The van der Waals surface area contributed by atoms with Crippen LogP contribution < -0.4 is 10.6 Å². The Balaban J connectivity index is 1.82. The topological polar surface area (TPSA) is 110 Å². The average Bonchev–Trinajstić information content (AvgIpc) is 3.09. The Morgan fingerprint density at radius 1 is 1.17 bits per heavy atom. The zero-order valence-electron chi connectivity index (χ0n) is 18.3.